The summed E-state index contributed by atoms with van der Waals surface area (Å²) in [7, 11) is 0. The Hall–Kier alpha value is -1.39. The van der Waals surface area contributed by atoms with Gasteiger partial charge in [0, 0.05) is 12.4 Å². The highest BCUT2D eigenvalue weighted by Gasteiger charge is 2.07. The molecule has 0 radical (unpaired) electrons. The molecule has 0 aliphatic rings. The molecule has 0 atom stereocenters. The number of benzene rings is 1. The quantitative estimate of drug-likeness (QED) is 0.924. The smallest absolute Gasteiger partial charge is 0.137 e. The molecule has 3 nitrogen and oxygen atoms in total. The molecule has 0 saturated carbocycles. The number of para-hydroxylation sites is 1. The number of pyridine rings is 1. The maximum absolute atomic E-state index is 5.88. The fraction of sp³-hybridized carbons (Fsp3) is 0.214. The second-order valence-corrected chi connectivity index (χ2v) is 4.77. The lowest BCUT2D eigenvalue weighted by molar-refractivity contribution is 0.301. The normalized spacial score (nSPS) is 10.3. The Bertz CT molecular complexity index is 502. The molecule has 0 spiro atoms. The summed E-state index contributed by atoms with van der Waals surface area (Å²) in [6, 6.07) is 9.90. The molecule has 94 valence electrons. The molecule has 0 aliphatic carbocycles. The van der Waals surface area contributed by atoms with E-state index in [2.05, 4.69) is 20.9 Å². The lowest BCUT2D eigenvalue weighted by atomic mass is 10.1. The number of aromatic nitrogens is 1. The van der Waals surface area contributed by atoms with Gasteiger partial charge in [-0.25, -0.2) is 0 Å². The van der Waals surface area contributed by atoms with Crippen LogP contribution in [0.2, 0.25) is 0 Å². The van der Waals surface area contributed by atoms with E-state index >= 15 is 0 Å². The molecule has 18 heavy (non-hydrogen) atoms. The van der Waals surface area contributed by atoms with Crippen LogP contribution in [0, 0.1) is 0 Å². The number of hydrogen-bond donors (Lipinski definition) is 1. The van der Waals surface area contributed by atoms with E-state index in [1.165, 1.54) is 0 Å². The van der Waals surface area contributed by atoms with Crippen LogP contribution in [-0.4, -0.2) is 11.5 Å². The molecule has 0 amide bonds. The van der Waals surface area contributed by atoms with Crippen molar-refractivity contribution >= 4 is 15.9 Å². The van der Waals surface area contributed by atoms with Crippen molar-refractivity contribution in [1.82, 2.24) is 4.98 Å². The fourth-order valence-electron chi connectivity index (χ4n) is 1.70. The van der Waals surface area contributed by atoms with Crippen LogP contribution in [-0.2, 0) is 13.0 Å². The van der Waals surface area contributed by atoms with Crippen molar-refractivity contribution in [1.29, 1.82) is 0 Å². The first-order valence-corrected chi connectivity index (χ1v) is 6.59. The van der Waals surface area contributed by atoms with E-state index in [0.717, 1.165) is 27.8 Å². The van der Waals surface area contributed by atoms with E-state index in [1.54, 1.807) is 12.4 Å². The molecule has 1 aromatic carbocycles. The lowest BCUT2D eigenvalue weighted by Gasteiger charge is -2.12. The summed E-state index contributed by atoms with van der Waals surface area (Å²) in [6.45, 7) is 1.14. The van der Waals surface area contributed by atoms with Crippen molar-refractivity contribution in [3.05, 3.63) is 58.3 Å². The predicted octanol–water partition coefficient (Wildman–Crippen LogP) is 2.92. The summed E-state index contributed by atoms with van der Waals surface area (Å²) in [6.07, 6.45) is 4.34. The Morgan fingerprint density at radius 2 is 1.94 bits per heavy atom. The van der Waals surface area contributed by atoms with Crippen LogP contribution < -0.4 is 10.5 Å². The topological polar surface area (TPSA) is 48.1 Å². The molecule has 2 N–H and O–H groups in total. The molecule has 4 heteroatoms. The van der Waals surface area contributed by atoms with Gasteiger partial charge in [-0.2, -0.15) is 0 Å². The Morgan fingerprint density at radius 3 is 2.67 bits per heavy atom. The standard InChI is InChI=1S/C14H15BrN2O/c15-13-3-1-2-12(4-7-16)14(13)18-10-11-5-8-17-9-6-11/h1-3,5-6,8-9H,4,7,10,16H2. The first kappa shape index (κ1) is 13.1. The van der Waals surface area contributed by atoms with E-state index in [0.29, 0.717) is 13.2 Å². The van der Waals surface area contributed by atoms with E-state index in [-0.39, 0.29) is 0 Å². The summed E-state index contributed by atoms with van der Waals surface area (Å²) in [5.41, 5.74) is 7.83. The van der Waals surface area contributed by atoms with Crippen molar-refractivity contribution in [2.24, 2.45) is 5.73 Å². The Morgan fingerprint density at radius 1 is 1.17 bits per heavy atom. The lowest BCUT2D eigenvalue weighted by Crippen LogP contribution is -2.06. The highest BCUT2D eigenvalue weighted by atomic mass is 79.9. The summed E-state index contributed by atoms with van der Waals surface area (Å²) in [5.74, 6) is 0.875. The van der Waals surface area contributed by atoms with Crippen LogP contribution in [0.4, 0.5) is 0 Å². The zero-order valence-electron chi connectivity index (χ0n) is 9.97. The summed E-state index contributed by atoms with van der Waals surface area (Å²) in [4.78, 5) is 3.98. The number of rotatable bonds is 5. The third-order valence-corrected chi connectivity index (χ3v) is 3.22. The second kappa shape index (κ2) is 6.52. The van der Waals surface area contributed by atoms with Crippen LogP contribution in [0.25, 0.3) is 0 Å². The maximum atomic E-state index is 5.88. The molecule has 0 bridgehead atoms. The van der Waals surface area contributed by atoms with E-state index in [1.807, 2.05) is 30.3 Å². The number of halogens is 1. The van der Waals surface area contributed by atoms with Crippen LogP contribution in [0.15, 0.2) is 47.2 Å². The van der Waals surface area contributed by atoms with E-state index < -0.39 is 0 Å². The number of hydrogen-bond acceptors (Lipinski definition) is 3. The zero-order chi connectivity index (χ0) is 12.8. The summed E-state index contributed by atoms with van der Waals surface area (Å²) in [5, 5.41) is 0. The third-order valence-electron chi connectivity index (χ3n) is 2.59. The zero-order valence-corrected chi connectivity index (χ0v) is 11.6. The van der Waals surface area contributed by atoms with Crippen LogP contribution in [0.1, 0.15) is 11.1 Å². The predicted molar refractivity (Wildman–Crippen MR) is 75.5 cm³/mol. The van der Waals surface area contributed by atoms with Gasteiger partial charge in [0.1, 0.15) is 12.4 Å². The molecule has 0 aliphatic heterocycles. The minimum absolute atomic E-state index is 0.530. The molecule has 0 saturated heterocycles. The van der Waals surface area contributed by atoms with Crippen LogP contribution in [0.3, 0.4) is 0 Å². The van der Waals surface area contributed by atoms with Gasteiger partial charge in [0.2, 0.25) is 0 Å². The van der Waals surface area contributed by atoms with E-state index in [9.17, 15) is 0 Å². The number of ether oxygens (including phenoxy) is 1. The molecular weight excluding hydrogens is 292 g/mol. The monoisotopic (exact) mass is 306 g/mol. The second-order valence-electron chi connectivity index (χ2n) is 3.91. The van der Waals surface area contributed by atoms with Gasteiger partial charge in [-0.3, -0.25) is 4.98 Å². The van der Waals surface area contributed by atoms with Gasteiger partial charge in [0.05, 0.1) is 4.47 Å². The molecule has 0 fully saturated rings. The highest BCUT2D eigenvalue weighted by molar-refractivity contribution is 9.10. The molecular formula is C14H15BrN2O. The Balaban J connectivity index is 2.13. The van der Waals surface area contributed by atoms with Gasteiger partial charge < -0.3 is 10.5 Å². The third kappa shape index (κ3) is 3.31. The maximum Gasteiger partial charge on any atom is 0.137 e. The van der Waals surface area contributed by atoms with Gasteiger partial charge in [-0.05, 0) is 58.2 Å². The van der Waals surface area contributed by atoms with Crippen molar-refractivity contribution in [2.45, 2.75) is 13.0 Å². The van der Waals surface area contributed by atoms with Crippen molar-refractivity contribution in [2.75, 3.05) is 6.54 Å². The van der Waals surface area contributed by atoms with Gasteiger partial charge in [0.25, 0.3) is 0 Å². The van der Waals surface area contributed by atoms with Crippen molar-refractivity contribution < 1.29 is 4.74 Å². The first-order chi connectivity index (χ1) is 8.81. The highest BCUT2D eigenvalue weighted by Crippen LogP contribution is 2.30. The SMILES string of the molecule is NCCc1cccc(Br)c1OCc1ccncc1. The Kier molecular flexibility index (Phi) is 4.73. The van der Waals surface area contributed by atoms with Gasteiger partial charge in [0.15, 0.2) is 0 Å². The minimum atomic E-state index is 0.530. The van der Waals surface area contributed by atoms with Gasteiger partial charge >= 0.3 is 0 Å². The molecule has 1 aromatic heterocycles. The minimum Gasteiger partial charge on any atom is -0.487 e. The molecule has 1 heterocycles. The van der Waals surface area contributed by atoms with Crippen LogP contribution >= 0.6 is 15.9 Å². The van der Waals surface area contributed by atoms with Gasteiger partial charge in [-0.15, -0.1) is 0 Å². The molecule has 2 rings (SSSR count). The van der Waals surface area contributed by atoms with Crippen molar-refractivity contribution in [3.8, 4) is 5.75 Å². The van der Waals surface area contributed by atoms with Crippen molar-refractivity contribution in [3.63, 3.8) is 0 Å². The van der Waals surface area contributed by atoms with Crippen LogP contribution in [0.5, 0.6) is 5.75 Å². The molecule has 0 unspecified atom stereocenters. The number of nitrogens with two attached hydrogens (primary N) is 1. The first-order valence-electron chi connectivity index (χ1n) is 5.80. The average Bonchev–Trinajstić information content (AvgIpc) is 2.40. The average molecular weight is 307 g/mol. The fourth-order valence-corrected chi connectivity index (χ4v) is 2.22. The van der Waals surface area contributed by atoms with E-state index in [4.69, 9.17) is 10.5 Å². The number of nitrogens with zero attached hydrogens (tertiary/aromatic N) is 1. The van der Waals surface area contributed by atoms with Gasteiger partial charge in [-0.1, -0.05) is 12.1 Å². The largest absolute Gasteiger partial charge is 0.487 e. The summed E-state index contributed by atoms with van der Waals surface area (Å²) < 4.78 is 6.84. The summed E-state index contributed by atoms with van der Waals surface area (Å²) >= 11 is 3.51. The molecule has 2 aromatic rings. The Labute approximate surface area is 115 Å².